The van der Waals surface area contributed by atoms with Gasteiger partial charge in [0.15, 0.2) is 0 Å². The summed E-state index contributed by atoms with van der Waals surface area (Å²) in [5, 5.41) is 3.08. The summed E-state index contributed by atoms with van der Waals surface area (Å²) in [6.07, 6.45) is 13.9. The van der Waals surface area contributed by atoms with Gasteiger partial charge < -0.3 is 11.1 Å². The van der Waals surface area contributed by atoms with Gasteiger partial charge in [0.1, 0.15) is 0 Å². The minimum absolute atomic E-state index is 0.138. The normalized spacial score (nSPS) is 28.2. The molecule has 4 nitrogen and oxygen atoms in total. The molecule has 0 aliphatic heterocycles. The number of hydrogen-bond acceptors (Lipinski definition) is 2. The van der Waals surface area contributed by atoms with Crippen molar-refractivity contribution in [2.45, 2.75) is 71.6 Å². The maximum atomic E-state index is 12.3. The smallest absolute Gasteiger partial charge is 0.220 e. The highest BCUT2D eigenvalue weighted by atomic mass is 16.2. The quantitative estimate of drug-likeness (QED) is 0.416. The maximum absolute atomic E-state index is 12.3. The zero-order valence-electron chi connectivity index (χ0n) is 16.0. The summed E-state index contributed by atoms with van der Waals surface area (Å²) in [4.78, 5) is 23.6. The summed E-state index contributed by atoms with van der Waals surface area (Å²) in [5.74, 6) is 2.15. The fourth-order valence-corrected chi connectivity index (χ4v) is 4.69. The van der Waals surface area contributed by atoms with E-state index in [2.05, 4.69) is 31.3 Å². The number of carbonyl (C=O) groups is 2. The van der Waals surface area contributed by atoms with Crippen molar-refractivity contribution in [3.05, 3.63) is 12.2 Å². The van der Waals surface area contributed by atoms with Crippen LogP contribution in [0.15, 0.2) is 12.2 Å². The van der Waals surface area contributed by atoms with Crippen LogP contribution in [0.25, 0.3) is 0 Å². The van der Waals surface area contributed by atoms with Crippen molar-refractivity contribution >= 4 is 11.8 Å². The van der Waals surface area contributed by atoms with Gasteiger partial charge in [-0.1, -0.05) is 58.1 Å². The van der Waals surface area contributed by atoms with E-state index >= 15 is 0 Å². The van der Waals surface area contributed by atoms with E-state index in [0.29, 0.717) is 24.7 Å². The predicted octanol–water partition coefficient (Wildman–Crippen LogP) is 3.80. The Morgan fingerprint density at radius 2 is 1.72 bits per heavy atom. The number of hydrogen-bond donors (Lipinski definition) is 2. The molecule has 2 bridgehead atoms. The molecule has 142 valence electrons. The first-order valence-corrected chi connectivity index (χ1v) is 10.2. The van der Waals surface area contributed by atoms with E-state index in [-0.39, 0.29) is 23.7 Å². The molecule has 2 aliphatic carbocycles. The minimum atomic E-state index is -0.242. The van der Waals surface area contributed by atoms with E-state index in [4.69, 9.17) is 5.73 Å². The van der Waals surface area contributed by atoms with Gasteiger partial charge in [0, 0.05) is 19.4 Å². The van der Waals surface area contributed by atoms with E-state index in [1.54, 1.807) is 0 Å². The van der Waals surface area contributed by atoms with E-state index in [1.807, 2.05) is 0 Å². The maximum Gasteiger partial charge on any atom is 0.220 e. The van der Waals surface area contributed by atoms with Crippen molar-refractivity contribution in [1.82, 2.24) is 5.32 Å². The van der Waals surface area contributed by atoms with Crippen molar-refractivity contribution < 1.29 is 9.59 Å². The number of fused-ring (bicyclic) bond motifs is 2. The lowest BCUT2D eigenvalue weighted by Gasteiger charge is -2.26. The highest BCUT2D eigenvalue weighted by Crippen LogP contribution is 2.50. The second-order valence-electron chi connectivity index (χ2n) is 8.24. The molecule has 5 unspecified atom stereocenters. The van der Waals surface area contributed by atoms with Crippen LogP contribution in [0.3, 0.4) is 0 Å². The number of primary amides is 1. The molecule has 0 aromatic heterocycles. The lowest BCUT2D eigenvalue weighted by molar-refractivity contribution is -0.124. The second-order valence-corrected chi connectivity index (χ2v) is 8.24. The largest absolute Gasteiger partial charge is 0.370 e. The highest BCUT2D eigenvalue weighted by molar-refractivity contribution is 5.77. The lowest BCUT2D eigenvalue weighted by atomic mass is 9.79. The Bertz CT molecular complexity index is 475. The Hall–Kier alpha value is -1.32. The summed E-state index contributed by atoms with van der Waals surface area (Å²) in [6.45, 7) is 5.34. The molecular weight excluding hydrogens is 312 g/mol. The summed E-state index contributed by atoms with van der Waals surface area (Å²) in [5.41, 5.74) is 5.40. The van der Waals surface area contributed by atoms with Crippen LogP contribution in [0, 0.1) is 29.6 Å². The van der Waals surface area contributed by atoms with Crippen molar-refractivity contribution in [1.29, 1.82) is 0 Å². The topological polar surface area (TPSA) is 72.2 Å². The summed E-state index contributed by atoms with van der Waals surface area (Å²) in [6, 6.07) is 0. The van der Waals surface area contributed by atoms with Gasteiger partial charge in [-0.2, -0.15) is 0 Å². The zero-order valence-corrected chi connectivity index (χ0v) is 16.0. The Morgan fingerprint density at radius 3 is 2.36 bits per heavy atom. The van der Waals surface area contributed by atoms with Crippen molar-refractivity contribution in [3.63, 3.8) is 0 Å². The van der Waals surface area contributed by atoms with E-state index in [9.17, 15) is 9.59 Å². The van der Waals surface area contributed by atoms with Gasteiger partial charge in [-0.05, 0) is 42.4 Å². The number of rotatable bonds is 12. The van der Waals surface area contributed by atoms with Crippen LogP contribution in [0.5, 0.6) is 0 Å². The molecule has 5 atom stereocenters. The number of nitrogens with one attached hydrogen (secondary N) is 1. The third kappa shape index (κ3) is 6.16. The van der Waals surface area contributed by atoms with Gasteiger partial charge >= 0.3 is 0 Å². The Labute approximate surface area is 153 Å². The average Bonchev–Trinajstić information content (AvgIpc) is 3.15. The van der Waals surface area contributed by atoms with Gasteiger partial charge in [-0.25, -0.2) is 0 Å². The molecule has 0 saturated heterocycles. The molecule has 1 saturated carbocycles. The average molecular weight is 349 g/mol. The number of allylic oxidation sites excluding steroid dienone is 2. The first-order chi connectivity index (χ1) is 12.0. The molecule has 0 spiro atoms. The Kier molecular flexibility index (Phi) is 7.98. The molecule has 4 heteroatoms. The first-order valence-electron chi connectivity index (χ1n) is 10.2. The molecule has 3 N–H and O–H groups in total. The van der Waals surface area contributed by atoms with E-state index < -0.39 is 0 Å². The first kappa shape index (κ1) is 20.0. The number of amides is 2. The van der Waals surface area contributed by atoms with Crippen molar-refractivity contribution in [2.75, 3.05) is 6.54 Å². The van der Waals surface area contributed by atoms with Crippen LogP contribution >= 0.6 is 0 Å². The van der Waals surface area contributed by atoms with Crippen LogP contribution in [-0.2, 0) is 9.59 Å². The molecule has 25 heavy (non-hydrogen) atoms. The zero-order chi connectivity index (χ0) is 18.2. The number of unbranched alkanes of at least 4 members (excludes halogenated alkanes) is 2. The Balaban J connectivity index is 1.63. The van der Waals surface area contributed by atoms with Gasteiger partial charge in [-0.3, -0.25) is 9.59 Å². The van der Waals surface area contributed by atoms with Crippen molar-refractivity contribution in [3.8, 4) is 0 Å². The predicted molar refractivity (Wildman–Crippen MR) is 102 cm³/mol. The van der Waals surface area contributed by atoms with Gasteiger partial charge in [0.05, 0.1) is 0 Å². The molecule has 0 aromatic rings. The monoisotopic (exact) mass is 348 g/mol. The number of carbonyl (C=O) groups excluding carboxylic acids is 2. The third-order valence-electron chi connectivity index (χ3n) is 6.15. The van der Waals surface area contributed by atoms with Gasteiger partial charge in [0.2, 0.25) is 11.8 Å². The van der Waals surface area contributed by atoms with E-state index in [1.165, 1.54) is 32.1 Å². The molecule has 0 aromatic carbocycles. The van der Waals surface area contributed by atoms with E-state index in [0.717, 1.165) is 25.3 Å². The third-order valence-corrected chi connectivity index (χ3v) is 6.15. The standard InChI is InChI=1S/C21H36N2O2/c1-3-4-7-15(2)8-5-6-11-23-21(25)14-19-17-10-9-16(12-17)18(19)13-20(22)24/h9-10,15-19H,3-8,11-14H2,1-2H3,(H2,22,24)(H,23,25). The fraction of sp³-hybridized carbons (Fsp3) is 0.810. The lowest BCUT2D eigenvalue weighted by Crippen LogP contribution is -2.32. The molecule has 2 amide bonds. The van der Waals surface area contributed by atoms with Crippen molar-refractivity contribution in [2.24, 2.45) is 35.3 Å². The van der Waals surface area contributed by atoms with Crippen LogP contribution in [0.2, 0.25) is 0 Å². The molecule has 0 radical (unpaired) electrons. The summed E-state index contributed by atoms with van der Waals surface area (Å²) in [7, 11) is 0. The van der Waals surface area contributed by atoms with Crippen LogP contribution in [-0.4, -0.2) is 18.4 Å². The molecule has 2 rings (SSSR count). The van der Waals surface area contributed by atoms with Crippen LogP contribution < -0.4 is 11.1 Å². The summed E-state index contributed by atoms with van der Waals surface area (Å²) < 4.78 is 0. The van der Waals surface area contributed by atoms with Gasteiger partial charge in [0.25, 0.3) is 0 Å². The second kappa shape index (κ2) is 9.98. The molecule has 2 aliphatic rings. The van der Waals surface area contributed by atoms with Gasteiger partial charge in [-0.15, -0.1) is 0 Å². The fourth-order valence-electron chi connectivity index (χ4n) is 4.69. The Morgan fingerprint density at radius 1 is 1.08 bits per heavy atom. The molecular formula is C21H36N2O2. The SMILES string of the molecule is CCCCC(C)CCCCNC(=O)CC1C2C=CC(C2)C1CC(N)=O. The van der Waals surface area contributed by atoms with Crippen LogP contribution in [0.1, 0.15) is 71.6 Å². The number of nitrogens with two attached hydrogens (primary N) is 1. The highest BCUT2D eigenvalue weighted by Gasteiger charge is 2.45. The molecule has 1 fully saturated rings. The molecule has 0 heterocycles. The van der Waals surface area contributed by atoms with Crippen LogP contribution in [0.4, 0.5) is 0 Å². The minimum Gasteiger partial charge on any atom is -0.370 e. The summed E-state index contributed by atoms with van der Waals surface area (Å²) >= 11 is 0.